The van der Waals surface area contributed by atoms with E-state index < -0.39 is 16.6 Å². The zero-order chi connectivity index (χ0) is 30.2. The van der Waals surface area contributed by atoms with Crippen molar-refractivity contribution in [3.05, 3.63) is 17.9 Å². The van der Waals surface area contributed by atoms with Crippen molar-refractivity contribution < 1.29 is 8.85 Å². The molecule has 0 spiro atoms. The first-order valence-corrected chi connectivity index (χ1v) is 22.2. The normalized spacial score (nSPS) is 21.2. The van der Waals surface area contributed by atoms with Gasteiger partial charge < -0.3 is 14.2 Å². The molecular formula is C35H71NO2Si2. The van der Waals surface area contributed by atoms with Crippen molar-refractivity contribution in [2.75, 3.05) is 0 Å². The van der Waals surface area contributed by atoms with Gasteiger partial charge in [0.2, 0.25) is 8.32 Å². The molecule has 1 unspecified atom stereocenters. The summed E-state index contributed by atoms with van der Waals surface area (Å²) in [5, 5.41) is 3.93. The molecule has 5 heteroatoms. The molecule has 1 N–H and O–H groups in total. The summed E-state index contributed by atoms with van der Waals surface area (Å²) in [4.78, 5) is 0. The highest BCUT2D eigenvalue weighted by atomic mass is 28.4. The fourth-order valence-electron chi connectivity index (χ4n) is 7.45. The largest absolute Gasteiger partial charge is 0.414 e. The maximum absolute atomic E-state index is 7.15. The Morgan fingerprint density at radius 1 is 0.825 bits per heavy atom. The van der Waals surface area contributed by atoms with Crippen LogP contribution in [-0.4, -0.2) is 40.9 Å². The molecule has 0 saturated carbocycles. The van der Waals surface area contributed by atoms with Crippen LogP contribution >= 0.6 is 0 Å². The van der Waals surface area contributed by atoms with Crippen LogP contribution in [0.3, 0.4) is 0 Å². The fourth-order valence-corrected chi connectivity index (χ4v) is 16.0. The lowest BCUT2D eigenvalue weighted by Crippen LogP contribution is -2.57. The molecular weight excluding hydrogens is 523 g/mol. The van der Waals surface area contributed by atoms with Gasteiger partial charge in [-0.3, -0.25) is 0 Å². The first-order chi connectivity index (χ1) is 19.0. The molecule has 1 rings (SSSR count). The van der Waals surface area contributed by atoms with Crippen molar-refractivity contribution in [2.45, 2.75) is 206 Å². The lowest BCUT2D eigenvalue weighted by Gasteiger charge is -2.48. The number of hydrogen-bond donors (Lipinski definition) is 1. The Morgan fingerprint density at radius 3 is 1.98 bits per heavy atom. The molecule has 0 bridgehead atoms. The van der Waals surface area contributed by atoms with Gasteiger partial charge in [-0.2, -0.15) is 0 Å². The summed E-state index contributed by atoms with van der Waals surface area (Å²) in [6.45, 7) is 26.1. The third kappa shape index (κ3) is 11.8. The maximum Gasteiger partial charge on any atom is 0.200 e. The fraction of sp³-hybridized carbons (Fsp3) is 0.914. The van der Waals surface area contributed by atoms with E-state index in [9.17, 15) is 0 Å². The predicted molar refractivity (Wildman–Crippen MR) is 183 cm³/mol. The molecule has 40 heavy (non-hydrogen) atoms. The molecule has 0 amide bonds. The van der Waals surface area contributed by atoms with Crippen LogP contribution < -0.4 is 5.32 Å². The molecule has 1 fully saturated rings. The third-order valence-corrected chi connectivity index (χ3v) is 21.0. The van der Waals surface area contributed by atoms with Gasteiger partial charge in [0.15, 0.2) is 8.32 Å². The van der Waals surface area contributed by atoms with Crippen LogP contribution in [0.5, 0.6) is 0 Å². The van der Waals surface area contributed by atoms with Crippen molar-refractivity contribution >= 4 is 16.6 Å². The molecule has 1 aliphatic rings. The summed E-state index contributed by atoms with van der Waals surface area (Å²) in [6.07, 6.45) is 18.8. The zero-order valence-electron chi connectivity index (χ0n) is 28.9. The molecule has 1 aliphatic heterocycles. The Kier molecular flexibility index (Phi) is 18.8. The van der Waals surface area contributed by atoms with Crippen molar-refractivity contribution in [3.8, 4) is 0 Å². The van der Waals surface area contributed by atoms with Crippen LogP contribution in [0.25, 0.3) is 0 Å². The third-order valence-electron chi connectivity index (χ3n) is 10.2. The average Bonchev–Trinajstić information content (AvgIpc) is 2.92. The smallest absolute Gasteiger partial charge is 0.200 e. The first-order valence-electron chi connectivity index (χ1n) is 17.5. The SMILES string of the molecule is CCCCCCC(CC=C=CCCC[C@H]1CC[C@@H](O[Si](C(C)C)(C(C)C)C(C)C)[C@H](C)N1)O[Si](CC)(CC)CC. The summed E-state index contributed by atoms with van der Waals surface area (Å²) >= 11 is 0. The minimum Gasteiger partial charge on any atom is -0.414 e. The first kappa shape index (κ1) is 37.9. The van der Waals surface area contributed by atoms with E-state index in [4.69, 9.17) is 8.85 Å². The van der Waals surface area contributed by atoms with Crippen LogP contribution in [0.15, 0.2) is 17.9 Å². The summed E-state index contributed by atoms with van der Waals surface area (Å²) in [5.74, 6) is 0. The standard InChI is InChI=1S/C35H71NO2Si2/c1-12-16-17-22-25-34(37-39(13-2,14-3)15-4)26-23-20-18-19-21-24-33-27-28-35(32(11)36-33)38-40(29(5)6,30(7)8)31(9)10/h18,23,29-36H,12-17,19,21-22,24-28H2,1-11H3/t20?,32-,33-,34?,35+/m0/s1. The number of hydrogen-bond acceptors (Lipinski definition) is 3. The topological polar surface area (TPSA) is 30.5 Å². The lowest BCUT2D eigenvalue weighted by molar-refractivity contribution is 0.0891. The Hall–Kier alpha value is -0.166. The number of rotatable bonds is 21. The van der Waals surface area contributed by atoms with E-state index in [0.717, 1.165) is 12.8 Å². The highest BCUT2D eigenvalue weighted by Crippen LogP contribution is 2.44. The quantitative estimate of drug-likeness (QED) is 0.0815. The van der Waals surface area contributed by atoms with Crippen molar-refractivity contribution in [1.29, 1.82) is 0 Å². The minimum absolute atomic E-state index is 0.366. The van der Waals surface area contributed by atoms with Gasteiger partial charge >= 0.3 is 0 Å². The second-order valence-electron chi connectivity index (χ2n) is 13.8. The second kappa shape index (κ2) is 19.9. The predicted octanol–water partition coefficient (Wildman–Crippen LogP) is 11.3. The van der Waals surface area contributed by atoms with Crippen molar-refractivity contribution in [1.82, 2.24) is 5.32 Å². The molecule has 0 radical (unpaired) electrons. The van der Waals surface area contributed by atoms with Gasteiger partial charge in [-0.15, -0.1) is 5.73 Å². The van der Waals surface area contributed by atoms with Gasteiger partial charge in [0.25, 0.3) is 0 Å². The zero-order valence-corrected chi connectivity index (χ0v) is 30.9. The maximum atomic E-state index is 7.15. The van der Waals surface area contributed by atoms with Crippen LogP contribution in [-0.2, 0) is 8.85 Å². The van der Waals surface area contributed by atoms with Crippen LogP contribution in [0.4, 0.5) is 0 Å². The van der Waals surface area contributed by atoms with Gasteiger partial charge in [0.1, 0.15) is 0 Å². The van der Waals surface area contributed by atoms with Gasteiger partial charge in [0, 0.05) is 18.2 Å². The molecule has 0 aromatic carbocycles. The van der Waals surface area contributed by atoms with E-state index in [0.29, 0.717) is 40.9 Å². The van der Waals surface area contributed by atoms with Gasteiger partial charge in [-0.25, -0.2) is 0 Å². The summed E-state index contributed by atoms with van der Waals surface area (Å²) in [5.41, 5.74) is 5.46. The van der Waals surface area contributed by atoms with Gasteiger partial charge in [-0.1, -0.05) is 94.9 Å². The van der Waals surface area contributed by atoms with Gasteiger partial charge in [0.05, 0.1) is 6.10 Å². The Morgan fingerprint density at radius 2 is 1.45 bits per heavy atom. The van der Waals surface area contributed by atoms with Crippen LogP contribution in [0.1, 0.15) is 147 Å². The molecule has 236 valence electrons. The Labute approximate surface area is 254 Å². The Balaban J connectivity index is 2.56. The Bertz CT molecular complexity index is 682. The average molecular weight is 594 g/mol. The molecule has 0 aliphatic carbocycles. The minimum atomic E-state index is -1.83. The number of nitrogens with one attached hydrogen (secondary N) is 1. The van der Waals surface area contributed by atoms with E-state index in [1.165, 1.54) is 75.9 Å². The molecule has 1 heterocycles. The van der Waals surface area contributed by atoms with E-state index in [2.05, 4.69) is 99.4 Å². The van der Waals surface area contributed by atoms with Crippen LogP contribution in [0.2, 0.25) is 34.8 Å². The summed E-state index contributed by atoms with van der Waals surface area (Å²) in [7, 11) is -3.39. The highest BCUT2D eigenvalue weighted by molar-refractivity contribution is 6.77. The van der Waals surface area contributed by atoms with Gasteiger partial charge in [-0.05, 0) is 98.8 Å². The monoisotopic (exact) mass is 594 g/mol. The van der Waals surface area contributed by atoms with Crippen molar-refractivity contribution in [3.63, 3.8) is 0 Å². The second-order valence-corrected chi connectivity index (χ2v) is 23.9. The van der Waals surface area contributed by atoms with Crippen molar-refractivity contribution in [2.24, 2.45) is 0 Å². The molecule has 3 nitrogen and oxygen atoms in total. The molecule has 4 atom stereocenters. The number of unbranched alkanes of at least 4 members (excludes halogenated alkanes) is 4. The highest BCUT2D eigenvalue weighted by Gasteiger charge is 2.47. The molecule has 0 aromatic heterocycles. The summed E-state index contributed by atoms with van der Waals surface area (Å²) < 4.78 is 14.0. The van der Waals surface area contributed by atoms with E-state index >= 15 is 0 Å². The van der Waals surface area contributed by atoms with E-state index in [-0.39, 0.29) is 0 Å². The van der Waals surface area contributed by atoms with E-state index in [1.807, 2.05) is 0 Å². The molecule has 1 saturated heterocycles. The lowest BCUT2D eigenvalue weighted by atomic mass is 9.94. The van der Waals surface area contributed by atoms with E-state index in [1.54, 1.807) is 0 Å². The molecule has 0 aromatic rings. The number of piperidine rings is 1. The van der Waals surface area contributed by atoms with Crippen LogP contribution in [0, 0.1) is 0 Å². The summed E-state index contributed by atoms with van der Waals surface area (Å²) in [6, 6.07) is 4.78.